The minimum atomic E-state index is 0.560. The fraction of sp³-hybridized carbons (Fsp3) is 1.00. The summed E-state index contributed by atoms with van der Waals surface area (Å²) in [6, 6.07) is 1.88. The Kier molecular flexibility index (Phi) is 5.63. The highest BCUT2D eigenvalue weighted by Gasteiger charge is 2.32. The topological polar surface area (TPSA) is 27.7 Å². The van der Waals surface area contributed by atoms with Crippen LogP contribution in [0.15, 0.2) is 0 Å². The van der Waals surface area contributed by atoms with Gasteiger partial charge in [-0.05, 0) is 33.9 Å². The quantitative estimate of drug-likeness (QED) is 0.807. The second-order valence-corrected chi connectivity index (χ2v) is 6.44. The van der Waals surface area contributed by atoms with Crippen molar-refractivity contribution in [3.05, 3.63) is 0 Å². The third kappa shape index (κ3) is 3.91. The first-order valence-corrected chi connectivity index (χ1v) is 7.87. The molecule has 0 spiro atoms. The van der Waals surface area contributed by atoms with Gasteiger partial charge in [-0.3, -0.25) is 9.80 Å². The van der Waals surface area contributed by atoms with Crippen LogP contribution in [0.5, 0.6) is 0 Å². The van der Waals surface area contributed by atoms with Crippen LogP contribution >= 0.6 is 0 Å². The largest absolute Gasteiger partial charge is 0.379 e. The highest BCUT2D eigenvalue weighted by molar-refractivity contribution is 4.88. The van der Waals surface area contributed by atoms with E-state index in [0.29, 0.717) is 24.0 Å². The predicted molar refractivity (Wildman–Crippen MR) is 79.5 cm³/mol. The molecular formula is C15H31N3O. The zero-order valence-corrected chi connectivity index (χ0v) is 13.1. The van der Waals surface area contributed by atoms with Gasteiger partial charge in [0.05, 0.1) is 13.2 Å². The highest BCUT2D eigenvalue weighted by atomic mass is 16.5. The van der Waals surface area contributed by atoms with Gasteiger partial charge in [0.15, 0.2) is 0 Å². The lowest BCUT2D eigenvalue weighted by Gasteiger charge is -2.43. The summed E-state index contributed by atoms with van der Waals surface area (Å²) in [5, 5.41) is 3.64. The second-order valence-electron chi connectivity index (χ2n) is 6.44. The van der Waals surface area contributed by atoms with Gasteiger partial charge in [-0.15, -0.1) is 0 Å². The van der Waals surface area contributed by atoms with Crippen LogP contribution in [0.4, 0.5) is 0 Å². The molecule has 1 N–H and O–H groups in total. The van der Waals surface area contributed by atoms with Gasteiger partial charge in [-0.25, -0.2) is 0 Å². The van der Waals surface area contributed by atoms with Gasteiger partial charge in [-0.1, -0.05) is 6.92 Å². The number of rotatable bonds is 5. The Morgan fingerprint density at radius 1 is 1.16 bits per heavy atom. The first-order valence-electron chi connectivity index (χ1n) is 7.87. The van der Waals surface area contributed by atoms with E-state index in [1.54, 1.807) is 0 Å². The van der Waals surface area contributed by atoms with E-state index in [1.165, 1.54) is 26.1 Å². The zero-order valence-electron chi connectivity index (χ0n) is 13.1. The average molecular weight is 269 g/mol. The first kappa shape index (κ1) is 15.2. The van der Waals surface area contributed by atoms with Crippen molar-refractivity contribution in [3.63, 3.8) is 0 Å². The standard InChI is InChI=1S/C15H31N3O/c1-5-6-16-15-11-19-10-14(15)9-18-7-12(2)17(4)13(3)8-18/h12-16H,5-11H2,1-4H3. The minimum Gasteiger partial charge on any atom is -0.379 e. The van der Waals surface area contributed by atoms with Crippen LogP contribution in [0.25, 0.3) is 0 Å². The first-order chi connectivity index (χ1) is 9.11. The highest BCUT2D eigenvalue weighted by Crippen LogP contribution is 2.19. The van der Waals surface area contributed by atoms with E-state index in [2.05, 4.69) is 42.9 Å². The molecule has 0 aliphatic carbocycles. The number of nitrogens with zero attached hydrogens (tertiary/aromatic N) is 2. The maximum atomic E-state index is 5.68. The van der Waals surface area contributed by atoms with Crippen molar-refractivity contribution in [1.29, 1.82) is 0 Å². The molecule has 0 saturated carbocycles. The summed E-state index contributed by atoms with van der Waals surface area (Å²) in [4.78, 5) is 5.13. The fourth-order valence-electron chi connectivity index (χ4n) is 3.33. The normalized spacial score (nSPS) is 37.9. The molecule has 2 aliphatic heterocycles. The van der Waals surface area contributed by atoms with Gasteiger partial charge >= 0.3 is 0 Å². The van der Waals surface area contributed by atoms with E-state index in [9.17, 15) is 0 Å². The molecule has 2 heterocycles. The molecule has 0 radical (unpaired) electrons. The molecule has 4 nitrogen and oxygen atoms in total. The molecular weight excluding hydrogens is 238 g/mol. The summed E-state index contributed by atoms with van der Waals surface area (Å²) in [7, 11) is 2.25. The molecule has 0 aromatic rings. The summed E-state index contributed by atoms with van der Waals surface area (Å²) in [5.74, 6) is 0.661. The number of piperazine rings is 1. The molecule has 0 bridgehead atoms. The van der Waals surface area contributed by atoms with E-state index in [1.807, 2.05) is 0 Å². The van der Waals surface area contributed by atoms with Crippen LogP contribution in [-0.4, -0.2) is 74.4 Å². The van der Waals surface area contributed by atoms with Gasteiger partial charge in [0.1, 0.15) is 0 Å². The number of ether oxygens (including phenoxy) is 1. The molecule has 4 heteroatoms. The zero-order chi connectivity index (χ0) is 13.8. The lowest BCUT2D eigenvalue weighted by atomic mass is 10.0. The maximum Gasteiger partial charge on any atom is 0.0623 e. The van der Waals surface area contributed by atoms with Crippen molar-refractivity contribution >= 4 is 0 Å². The van der Waals surface area contributed by atoms with Crippen molar-refractivity contribution in [2.24, 2.45) is 5.92 Å². The lowest BCUT2D eigenvalue weighted by molar-refractivity contribution is 0.0474. The number of hydrogen-bond donors (Lipinski definition) is 1. The van der Waals surface area contributed by atoms with Crippen molar-refractivity contribution < 1.29 is 4.74 Å². The van der Waals surface area contributed by atoms with Crippen LogP contribution in [0.1, 0.15) is 27.2 Å². The van der Waals surface area contributed by atoms with Crippen molar-refractivity contribution in [2.75, 3.05) is 46.4 Å². The minimum absolute atomic E-state index is 0.560. The van der Waals surface area contributed by atoms with Crippen LogP contribution in [0, 0.1) is 5.92 Å². The Labute approximate surface area is 118 Å². The molecule has 112 valence electrons. The second kappa shape index (κ2) is 7.02. The summed E-state index contributed by atoms with van der Waals surface area (Å²) in [6.07, 6.45) is 1.20. The molecule has 2 fully saturated rings. The van der Waals surface area contributed by atoms with Crippen LogP contribution in [-0.2, 0) is 4.74 Å². The Morgan fingerprint density at radius 3 is 2.47 bits per heavy atom. The van der Waals surface area contributed by atoms with Crippen LogP contribution in [0.2, 0.25) is 0 Å². The van der Waals surface area contributed by atoms with Crippen molar-refractivity contribution in [1.82, 2.24) is 15.1 Å². The Hall–Kier alpha value is -0.160. The van der Waals surface area contributed by atoms with E-state index >= 15 is 0 Å². The fourth-order valence-corrected chi connectivity index (χ4v) is 3.33. The maximum absolute atomic E-state index is 5.68. The molecule has 2 saturated heterocycles. The van der Waals surface area contributed by atoms with E-state index in [0.717, 1.165) is 19.8 Å². The smallest absolute Gasteiger partial charge is 0.0623 e. The average Bonchev–Trinajstić information content (AvgIpc) is 2.80. The molecule has 19 heavy (non-hydrogen) atoms. The van der Waals surface area contributed by atoms with Gasteiger partial charge in [0.2, 0.25) is 0 Å². The Balaban J connectivity index is 1.83. The summed E-state index contributed by atoms with van der Waals surface area (Å²) >= 11 is 0. The number of hydrogen-bond acceptors (Lipinski definition) is 4. The molecule has 4 atom stereocenters. The Morgan fingerprint density at radius 2 is 1.84 bits per heavy atom. The van der Waals surface area contributed by atoms with Gasteiger partial charge in [0.25, 0.3) is 0 Å². The van der Waals surface area contributed by atoms with E-state index in [4.69, 9.17) is 4.74 Å². The summed E-state index contributed by atoms with van der Waals surface area (Å²) in [5.41, 5.74) is 0. The van der Waals surface area contributed by atoms with Crippen molar-refractivity contribution in [3.8, 4) is 0 Å². The molecule has 2 rings (SSSR count). The van der Waals surface area contributed by atoms with Gasteiger partial charge in [-0.2, -0.15) is 0 Å². The summed E-state index contributed by atoms with van der Waals surface area (Å²) in [6.45, 7) is 13.4. The van der Waals surface area contributed by atoms with Gasteiger partial charge < -0.3 is 10.1 Å². The molecule has 2 aliphatic rings. The van der Waals surface area contributed by atoms with Crippen LogP contribution < -0.4 is 5.32 Å². The molecule has 0 amide bonds. The predicted octanol–water partition coefficient (Wildman–Crippen LogP) is 1.03. The molecule has 4 unspecified atom stereocenters. The molecule has 0 aromatic carbocycles. The van der Waals surface area contributed by atoms with Gasteiger partial charge in [0, 0.05) is 43.7 Å². The Bertz CT molecular complexity index is 262. The third-order valence-electron chi connectivity index (χ3n) is 4.78. The summed E-state index contributed by atoms with van der Waals surface area (Å²) < 4.78 is 5.68. The van der Waals surface area contributed by atoms with Crippen molar-refractivity contribution in [2.45, 2.75) is 45.3 Å². The monoisotopic (exact) mass is 269 g/mol. The number of nitrogens with one attached hydrogen (secondary N) is 1. The molecule has 0 aromatic heterocycles. The van der Waals surface area contributed by atoms with E-state index < -0.39 is 0 Å². The van der Waals surface area contributed by atoms with E-state index in [-0.39, 0.29) is 0 Å². The number of likely N-dealkylation sites (N-methyl/N-ethyl adjacent to an activating group) is 1. The SMILES string of the molecule is CCCNC1COCC1CN1CC(C)N(C)C(C)C1. The third-order valence-corrected chi connectivity index (χ3v) is 4.78. The lowest BCUT2D eigenvalue weighted by Crippen LogP contribution is -2.56. The van der Waals surface area contributed by atoms with Crippen LogP contribution in [0.3, 0.4) is 0 Å².